The van der Waals surface area contributed by atoms with Crippen molar-refractivity contribution in [2.75, 3.05) is 12.8 Å². The van der Waals surface area contributed by atoms with Crippen molar-refractivity contribution in [2.24, 2.45) is 0 Å². The van der Waals surface area contributed by atoms with Crippen molar-refractivity contribution >= 4 is 23.1 Å². The van der Waals surface area contributed by atoms with E-state index in [1.807, 2.05) is 30.4 Å². The maximum absolute atomic E-state index is 4.20. The first-order chi connectivity index (χ1) is 5.83. The Balaban J connectivity index is 2.11. The third kappa shape index (κ3) is 3.56. The molecule has 0 spiro atoms. The van der Waals surface area contributed by atoms with E-state index in [1.54, 1.807) is 11.3 Å². The van der Waals surface area contributed by atoms with Gasteiger partial charge in [0.1, 0.15) is 4.34 Å². The second-order valence-electron chi connectivity index (χ2n) is 2.62. The molecule has 0 saturated heterocycles. The summed E-state index contributed by atoms with van der Waals surface area (Å²) >= 11 is 3.55. The number of hydrogen-bond donors (Lipinski definition) is 1. The maximum Gasteiger partial charge on any atom is 0.149 e. The van der Waals surface area contributed by atoms with Crippen molar-refractivity contribution in [1.82, 2.24) is 10.3 Å². The van der Waals surface area contributed by atoms with Crippen LogP contribution in [-0.4, -0.2) is 23.8 Å². The largest absolute Gasteiger partial charge is 0.317 e. The van der Waals surface area contributed by atoms with Crippen molar-refractivity contribution in [1.29, 1.82) is 0 Å². The molecule has 0 saturated carbocycles. The summed E-state index contributed by atoms with van der Waals surface area (Å²) < 4.78 is 1.18. The Labute approximate surface area is 81.8 Å². The lowest BCUT2D eigenvalue weighted by Crippen LogP contribution is -2.21. The van der Waals surface area contributed by atoms with Crippen LogP contribution in [0.3, 0.4) is 0 Å². The lowest BCUT2D eigenvalue weighted by atomic mass is 10.3. The molecular formula is C8H14N2S2. The lowest BCUT2D eigenvalue weighted by Gasteiger charge is -2.07. The first-order valence-corrected chi connectivity index (χ1v) is 5.89. The normalized spacial score (nSPS) is 13.2. The molecule has 1 N–H and O–H groups in total. The standard InChI is InChI=1S/C8H14N2S2/c1-7(9-2)3-5-11-8-10-4-6-12-8/h4,6-7,9H,3,5H2,1-2H3. The van der Waals surface area contributed by atoms with Gasteiger partial charge in [0, 0.05) is 23.4 Å². The summed E-state index contributed by atoms with van der Waals surface area (Å²) in [6.07, 6.45) is 3.05. The molecule has 1 unspecified atom stereocenters. The van der Waals surface area contributed by atoms with Gasteiger partial charge < -0.3 is 5.32 Å². The monoisotopic (exact) mass is 202 g/mol. The van der Waals surface area contributed by atoms with E-state index in [1.165, 1.54) is 10.8 Å². The van der Waals surface area contributed by atoms with Crippen molar-refractivity contribution in [3.63, 3.8) is 0 Å². The molecule has 68 valence electrons. The second kappa shape index (κ2) is 5.56. The van der Waals surface area contributed by atoms with Gasteiger partial charge in [-0.3, -0.25) is 0 Å². The van der Waals surface area contributed by atoms with Gasteiger partial charge in [-0.1, -0.05) is 11.8 Å². The number of nitrogens with one attached hydrogen (secondary N) is 1. The lowest BCUT2D eigenvalue weighted by molar-refractivity contribution is 0.598. The van der Waals surface area contributed by atoms with Crippen LogP contribution in [0.4, 0.5) is 0 Å². The number of thioether (sulfide) groups is 1. The fraction of sp³-hybridized carbons (Fsp3) is 0.625. The van der Waals surface area contributed by atoms with Crippen molar-refractivity contribution < 1.29 is 0 Å². The molecule has 0 aliphatic rings. The van der Waals surface area contributed by atoms with Gasteiger partial charge in [-0.25, -0.2) is 4.98 Å². The Kier molecular flexibility index (Phi) is 4.65. The molecule has 0 aromatic carbocycles. The van der Waals surface area contributed by atoms with Crippen LogP contribution in [0, 0.1) is 0 Å². The van der Waals surface area contributed by atoms with Crippen LogP contribution in [0.15, 0.2) is 15.9 Å². The van der Waals surface area contributed by atoms with Crippen molar-refractivity contribution in [2.45, 2.75) is 23.7 Å². The zero-order chi connectivity index (χ0) is 8.81. The molecular weight excluding hydrogens is 188 g/mol. The predicted molar refractivity (Wildman–Crippen MR) is 56.0 cm³/mol. The van der Waals surface area contributed by atoms with E-state index in [4.69, 9.17) is 0 Å². The van der Waals surface area contributed by atoms with Crippen molar-refractivity contribution in [3.05, 3.63) is 11.6 Å². The first kappa shape index (κ1) is 10.0. The van der Waals surface area contributed by atoms with Crippen LogP contribution in [0.25, 0.3) is 0 Å². The molecule has 0 bridgehead atoms. The number of rotatable bonds is 5. The molecule has 12 heavy (non-hydrogen) atoms. The van der Waals surface area contributed by atoms with E-state index in [0.717, 1.165) is 5.75 Å². The zero-order valence-corrected chi connectivity index (χ0v) is 9.04. The summed E-state index contributed by atoms with van der Waals surface area (Å²) in [6, 6.07) is 0.609. The topological polar surface area (TPSA) is 24.9 Å². The van der Waals surface area contributed by atoms with Crippen LogP contribution in [-0.2, 0) is 0 Å². The third-order valence-corrected chi connectivity index (χ3v) is 3.68. The van der Waals surface area contributed by atoms with Crippen molar-refractivity contribution in [3.8, 4) is 0 Å². The molecule has 0 aliphatic heterocycles. The van der Waals surface area contributed by atoms with Crippen LogP contribution in [0.5, 0.6) is 0 Å². The fourth-order valence-corrected chi connectivity index (χ4v) is 2.58. The SMILES string of the molecule is CNC(C)CCSc1nccs1. The highest BCUT2D eigenvalue weighted by atomic mass is 32.2. The van der Waals surface area contributed by atoms with Crippen LogP contribution >= 0.6 is 23.1 Å². The average Bonchev–Trinajstić information content (AvgIpc) is 2.57. The minimum Gasteiger partial charge on any atom is -0.317 e. The van der Waals surface area contributed by atoms with Gasteiger partial charge in [-0.2, -0.15) is 0 Å². The molecule has 0 radical (unpaired) electrons. The molecule has 0 aliphatic carbocycles. The maximum atomic E-state index is 4.20. The third-order valence-electron chi connectivity index (χ3n) is 1.68. The fourth-order valence-electron chi connectivity index (χ4n) is 0.749. The summed E-state index contributed by atoms with van der Waals surface area (Å²) in [5.41, 5.74) is 0. The van der Waals surface area contributed by atoms with E-state index in [9.17, 15) is 0 Å². The summed E-state index contributed by atoms with van der Waals surface area (Å²) in [5.74, 6) is 1.15. The second-order valence-corrected chi connectivity index (χ2v) is 4.86. The van der Waals surface area contributed by atoms with Gasteiger partial charge in [0.25, 0.3) is 0 Å². The minimum atomic E-state index is 0.609. The van der Waals surface area contributed by atoms with Gasteiger partial charge in [0.2, 0.25) is 0 Å². The Morgan fingerprint density at radius 2 is 2.58 bits per heavy atom. The van der Waals surface area contributed by atoms with Crippen LogP contribution in [0.1, 0.15) is 13.3 Å². The van der Waals surface area contributed by atoms with Crippen LogP contribution < -0.4 is 5.32 Å². The Bertz CT molecular complexity index is 199. The predicted octanol–water partition coefficient (Wildman–Crippen LogP) is 2.23. The smallest absolute Gasteiger partial charge is 0.149 e. The highest BCUT2D eigenvalue weighted by Gasteiger charge is 1.99. The van der Waals surface area contributed by atoms with E-state index >= 15 is 0 Å². The quantitative estimate of drug-likeness (QED) is 0.741. The summed E-state index contributed by atoms with van der Waals surface area (Å²) in [4.78, 5) is 4.20. The van der Waals surface area contributed by atoms with Gasteiger partial charge in [-0.15, -0.1) is 11.3 Å². The van der Waals surface area contributed by atoms with Gasteiger partial charge in [0.05, 0.1) is 0 Å². The molecule has 0 fully saturated rings. The van der Waals surface area contributed by atoms with E-state index in [0.29, 0.717) is 6.04 Å². The van der Waals surface area contributed by atoms with E-state index < -0.39 is 0 Å². The number of aromatic nitrogens is 1. The molecule has 1 rings (SSSR count). The summed E-state index contributed by atoms with van der Waals surface area (Å²) in [5, 5.41) is 5.23. The molecule has 1 atom stereocenters. The molecule has 1 heterocycles. The molecule has 1 aromatic heterocycles. The Morgan fingerprint density at radius 1 is 1.75 bits per heavy atom. The minimum absolute atomic E-state index is 0.609. The van der Waals surface area contributed by atoms with E-state index in [2.05, 4.69) is 17.2 Å². The first-order valence-electron chi connectivity index (χ1n) is 4.02. The Morgan fingerprint density at radius 3 is 3.17 bits per heavy atom. The van der Waals surface area contributed by atoms with Gasteiger partial charge in [-0.05, 0) is 20.4 Å². The summed E-state index contributed by atoms with van der Waals surface area (Å²) in [7, 11) is 2.00. The highest BCUT2D eigenvalue weighted by molar-refractivity contribution is 8.00. The van der Waals surface area contributed by atoms with Gasteiger partial charge in [0.15, 0.2) is 0 Å². The summed E-state index contributed by atoms with van der Waals surface area (Å²) in [6.45, 7) is 2.20. The molecule has 0 amide bonds. The van der Waals surface area contributed by atoms with E-state index in [-0.39, 0.29) is 0 Å². The number of nitrogens with zero attached hydrogens (tertiary/aromatic N) is 1. The zero-order valence-electron chi connectivity index (χ0n) is 7.41. The molecule has 4 heteroatoms. The molecule has 2 nitrogen and oxygen atoms in total. The highest BCUT2D eigenvalue weighted by Crippen LogP contribution is 2.20. The van der Waals surface area contributed by atoms with Gasteiger partial charge >= 0.3 is 0 Å². The average molecular weight is 202 g/mol. The number of hydrogen-bond acceptors (Lipinski definition) is 4. The Hall–Kier alpha value is -0.0600. The molecule has 1 aromatic rings. The number of thiazole rings is 1. The van der Waals surface area contributed by atoms with Crippen LogP contribution in [0.2, 0.25) is 0 Å².